The first-order chi connectivity index (χ1) is 11.4. The van der Waals surface area contributed by atoms with Gasteiger partial charge < -0.3 is 20.1 Å². The number of urea groups is 1. The van der Waals surface area contributed by atoms with Gasteiger partial charge in [-0.05, 0) is 38.1 Å². The van der Waals surface area contributed by atoms with Crippen molar-refractivity contribution in [2.24, 2.45) is 0 Å². The van der Waals surface area contributed by atoms with E-state index in [2.05, 4.69) is 10.6 Å². The van der Waals surface area contributed by atoms with E-state index in [1.807, 2.05) is 0 Å². The van der Waals surface area contributed by atoms with Crippen molar-refractivity contribution in [1.29, 1.82) is 0 Å². The number of carbonyl (C=O) groups is 3. The SMILES string of the molecule is CCOC(=O)C1=C(COC(=O)c2ccc(Cl)cc2)NC(=O)NC1C. The zero-order valence-corrected chi connectivity index (χ0v) is 14.0. The molecule has 1 aliphatic rings. The van der Waals surface area contributed by atoms with E-state index in [0.29, 0.717) is 10.6 Å². The van der Waals surface area contributed by atoms with Crippen LogP contribution in [0.4, 0.5) is 4.79 Å². The molecule has 0 saturated carbocycles. The molecule has 2 amide bonds. The predicted octanol–water partition coefficient (Wildman–Crippen LogP) is 2.02. The number of hydrogen-bond acceptors (Lipinski definition) is 5. The lowest BCUT2D eigenvalue weighted by atomic mass is 10.0. The van der Waals surface area contributed by atoms with Crippen LogP contribution in [0.2, 0.25) is 5.02 Å². The summed E-state index contributed by atoms with van der Waals surface area (Å²) in [5, 5.41) is 5.54. The van der Waals surface area contributed by atoms with E-state index in [0.717, 1.165) is 0 Å². The molecule has 0 fully saturated rings. The van der Waals surface area contributed by atoms with Gasteiger partial charge in [-0.3, -0.25) is 0 Å². The van der Waals surface area contributed by atoms with Crippen molar-refractivity contribution in [2.45, 2.75) is 19.9 Å². The molecule has 1 aromatic rings. The van der Waals surface area contributed by atoms with Crippen LogP contribution in [-0.4, -0.2) is 37.2 Å². The van der Waals surface area contributed by atoms with Crippen LogP contribution in [-0.2, 0) is 14.3 Å². The van der Waals surface area contributed by atoms with Gasteiger partial charge in [0, 0.05) is 5.02 Å². The fourth-order valence-corrected chi connectivity index (χ4v) is 2.33. The molecule has 1 atom stereocenters. The number of hydrogen-bond donors (Lipinski definition) is 2. The van der Waals surface area contributed by atoms with Crippen molar-refractivity contribution in [2.75, 3.05) is 13.2 Å². The molecular formula is C16H17ClN2O5. The van der Waals surface area contributed by atoms with Crippen LogP contribution < -0.4 is 10.6 Å². The number of rotatable bonds is 5. The number of benzene rings is 1. The van der Waals surface area contributed by atoms with E-state index >= 15 is 0 Å². The topological polar surface area (TPSA) is 93.7 Å². The predicted molar refractivity (Wildman–Crippen MR) is 86.5 cm³/mol. The Bertz CT molecular complexity index is 684. The largest absolute Gasteiger partial charge is 0.463 e. The normalized spacial score (nSPS) is 17.0. The molecule has 8 heteroatoms. The monoisotopic (exact) mass is 352 g/mol. The second-order valence-electron chi connectivity index (χ2n) is 5.02. The van der Waals surface area contributed by atoms with Gasteiger partial charge in [0.1, 0.15) is 6.61 Å². The minimum Gasteiger partial charge on any atom is -0.463 e. The lowest BCUT2D eigenvalue weighted by Crippen LogP contribution is -2.50. The van der Waals surface area contributed by atoms with Gasteiger partial charge in [-0.2, -0.15) is 0 Å². The molecule has 1 aromatic carbocycles. The van der Waals surface area contributed by atoms with Crippen molar-refractivity contribution in [3.63, 3.8) is 0 Å². The zero-order chi connectivity index (χ0) is 17.7. The summed E-state index contributed by atoms with van der Waals surface area (Å²) >= 11 is 5.77. The second-order valence-corrected chi connectivity index (χ2v) is 5.45. The molecule has 1 heterocycles. The van der Waals surface area contributed by atoms with Gasteiger partial charge in [0.15, 0.2) is 0 Å². The standard InChI is InChI=1S/C16H17ClN2O5/c1-3-23-15(21)13-9(2)18-16(22)19-12(13)8-24-14(20)10-4-6-11(17)7-5-10/h4-7,9H,3,8H2,1-2H3,(H2,18,19,22). The Morgan fingerprint density at radius 2 is 1.83 bits per heavy atom. The molecule has 2 N–H and O–H groups in total. The molecule has 0 aliphatic carbocycles. The molecule has 0 spiro atoms. The summed E-state index contributed by atoms with van der Waals surface area (Å²) < 4.78 is 10.2. The highest BCUT2D eigenvalue weighted by Crippen LogP contribution is 2.16. The number of esters is 2. The minimum atomic E-state index is -0.595. The van der Waals surface area contributed by atoms with Gasteiger partial charge in [0.05, 0.1) is 29.5 Å². The van der Waals surface area contributed by atoms with Crippen molar-refractivity contribution in [3.8, 4) is 0 Å². The van der Waals surface area contributed by atoms with Gasteiger partial charge >= 0.3 is 18.0 Å². The van der Waals surface area contributed by atoms with E-state index < -0.39 is 24.0 Å². The Balaban J connectivity index is 2.15. The van der Waals surface area contributed by atoms with Crippen LogP contribution in [0.25, 0.3) is 0 Å². The lowest BCUT2D eigenvalue weighted by Gasteiger charge is -2.26. The van der Waals surface area contributed by atoms with E-state index in [1.165, 1.54) is 12.1 Å². The first-order valence-corrected chi connectivity index (χ1v) is 7.70. The Morgan fingerprint density at radius 1 is 1.17 bits per heavy atom. The number of nitrogens with one attached hydrogen (secondary N) is 2. The summed E-state index contributed by atoms with van der Waals surface area (Å²) in [7, 11) is 0. The third-order valence-corrected chi connectivity index (χ3v) is 3.54. The number of halogens is 1. The summed E-state index contributed by atoms with van der Waals surface area (Å²) in [6.45, 7) is 3.26. The van der Waals surface area contributed by atoms with E-state index in [4.69, 9.17) is 21.1 Å². The second kappa shape index (κ2) is 7.83. The number of ether oxygens (including phenoxy) is 2. The van der Waals surface area contributed by atoms with Crippen molar-refractivity contribution >= 4 is 29.6 Å². The van der Waals surface area contributed by atoms with Crippen LogP contribution >= 0.6 is 11.6 Å². The molecular weight excluding hydrogens is 336 g/mol. The minimum absolute atomic E-state index is 0.195. The summed E-state index contributed by atoms with van der Waals surface area (Å²) in [5.41, 5.74) is 0.735. The summed E-state index contributed by atoms with van der Waals surface area (Å²) in [4.78, 5) is 35.7. The van der Waals surface area contributed by atoms with Crippen LogP contribution in [0.3, 0.4) is 0 Å². The summed E-state index contributed by atoms with van der Waals surface area (Å²) in [6.07, 6.45) is 0. The zero-order valence-electron chi connectivity index (χ0n) is 13.2. The lowest BCUT2D eigenvalue weighted by molar-refractivity contribution is -0.139. The maximum absolute atomic E-state index is 12.1. The van der Waals surface area contributed by atoms with Crippen LogP contribution in [0.15, 0.2) is 35.5 Å². The van der Waals surface area contributed by atoms with Gasteiger partial charge in [-0.15, -0.1) is 0 Å². The van der Waals surface area contributed by atoms with Crippen molar-refractivity contribution < 1.29 is 23.9 Å². The third kappa shape index (κ3) is 4.26. The number of amides is 2. The summed E-state index contributed by atoms with van der Waals surface area (Å²) in [5.74, 6) is -1.17. The van der Waals surface area contributed by atoms with Crippen molar-refractivity contribution in [3.05, 3.63) is 46.1 Å². The molecule has 128 valence electrons. The highest BCUT2D eigenvalue weighted by molar-refractivity contribution is 6.30. The average Bonchev–Trinajstić information content (AvgIpc) is 2.52. The molecule has 1 aliphatic heterocycles. The average molecular weight is 353 g/mol. The molecule has 7 nitrogen and oxygen atoms in total. The van der Waals surface area contributed by atoms with E-state index in [9.17, 15) is 14.4 Å². The smallest absolute Gasteiger partial charge is 0.338 e. The van der Waals surface area contributed by atoms with Crippen LogP contribution in [0.5, 0.6) is 0 Å². The molecule has 2 rings (SSSR count). The first-order valence-electron chi connectivity index (χ1n) is 7.32. The molecule has 0 bridgehead atoms. The molecule has 1 unspecified atom stereocenters. The summed E-state index contributed by atoms with van der Waals surface area (Å²) in [6, 6.07) is 5.14. The molecule has 0 radical (unpaired) electrons. The fraction of sp³-hybridized carbons (Fsp3) is 0.312. The van der Waals surface area contributed by atoms with Gasteiger partial charge in [-0.1, -0.05) is 11.6 Å². The van der Waals surface area contributed by atoms with Crippen molar-refractivity contribution in [1.82, 2.24) is 10.6 Å². The molecule has 0 aromatic heterocycles. The van der Waals surface area contributed by atoms with Gasteiger partial charge in [0.2, 0.25) is 0 Å². The Hall–Kier alpha value is -2.54. The van der Waals surface area contributed by atoms with Gasteiger partial charge in [-0.25, -0.2) is 14.4 Å². The Kier molecular flexibility index (Phi) is 5.81. The molecule has 0 saturated heterocycles. The Morgan fingerprint density at radius 3 is 2.46 bits per heavy atom. The van der Waals surface area contributed by atoms with Crippen LogP contribution in [0.1, 0.15) is 24.2 Å². The first kappa shape index (κ1) is 17.8. The fourth-order valence-electron chi connectivity index (χ4n) is 2.20. The maximum atomic E-state index is 12.1. The highest BCUT2D eigenvalue weighted by atomic mass is 35.5. The van der Waals surface area contributed by atoms with E-state index in [1.54, 1.807) is 26.0 Å². The number of carbonyl (C=O) groups excluding carboxylic acids is 3. The highest BCUT2D eigenvalue weighted by Gasteiger charge is 2.30. The molecule has 24 heavy (non-hydrogen) atoms. The van der Waals surface area contributed by atoms with E-state index in [-0.39, 0.29) is 24.5 Å². The third-order valence-electron chi connectivity index (χ3n) is 3.29. The Labute approximate surface area is 144 Å². The quantitative estimate of drug-likeness (QED) is 0.791. The van der Waals surface area contributed by atoms with Gasteiger partial charge in [0.25, 0.3) is 0 Å². The van der Waals surface area contributed by atoms with Crippen LogP contribution in [0, 0.1) is 0 Å². The maximum Gasteiger partial charge on any atom is 0.338 e.